The number of fused-ring (bicyclic) bond motifs is 1. The molecule has 5 rings (SSSR count). The number of hydrogen-bond donors (Lipinski definition) is 3. The van der Waals surface area contributed by atoms with Crippen LogP contribution in [0.1, 0.15) is 51.9 Å². The molecule has 0 fully saturated rings. The molecule has 0 spiro atoms. The van der Waals surface area contributed by atoms with Crippen molar-refractivity contribution in [3.8, 4) is 11.5 Å². The number of hydrogen-bond acceptors (Lipinski definition) is 8. The van der Waals surface area contributed by atoms with Crippen molar-refractivity contribution in [2.45, 2.75) is 45.3 Å². The van der Waals surface area contributed by atoms with Gasteiger partial charge in [0.05, 0.1) is 13.2 Å². The van der Waals surface area contributed by atoms with Crippen molar-refractivity contribution in [1.29, 1.82) is 0 Å². The van der Waals surface area contributed by atoms with E-state index in [2.05, 4.69) is 25.8 Å². The molecule has 2 aliphatic rings. The Morgan fingerprint density at radius 3 is 2.76 bits per heavy atom. The van der Waals surface area contributed by atoms with E-state index in [0.717, 1.165) is 53.6 Å². The summed E-state index contributed by atoms with van der Waals surface area (Å²) in [5.41, 5.74) is 3.37. The predicted octanol–water partition coefficient (Wildman–Crippen LogP) is 2.84. The van der Waals surface area contributed by atoms with E-state index in [1.165, 1.54) is 0 Å². The molecular formula is C27H32N6O4. The molecule has 3 aromatic rings. The third kappa shape index (κ3) is 5.75. The van der Waals surface area contributed by atoms with Crippen LogP contribution in [0.15, 0.2) is 41.4 Å². The minimum absolute atomic E-state index is 0.0113. The molecule has 1 unspecified atom stereocenters. The number of ether oxygens (including phenoxy) is 2. The van der Waals surface area contributed by atoms with Crippen molar-refractivity contribution in [1.82, 2.24) is 20.1 Å². The SMILES string of the molecule is Cc1cc2c(cc1CNC(=O)c1cccc(NCc3nnc(C4CC=NCC4)n3CCO)c1)OCCO2. The number of nitrogens with zero attached hydrogens (tertiary/aromatic N) is 4. The van der Waals surface area contributed by atoms with E-state index < -0.39 is 0 Å². The van der Waals surface area contributed by atoms with Crippen LogP contribution in [-0.2, 0) is 19.6 Å². The molecule has 1 aromatic heterocycles. The number of rotatable bonds is 9. The first-order valence-corrected chi connectivity index (χ1v) is 12.6. The van der Waals surface area contributed by atoms with Gasteiger partial charge < -0.3 is 29.8 Å². The van der Waals surface area contributed by atoms with E-state index >= 15 is 0 Å². The molecule has 37 heavy (non-hydrogen) atoms. The van der Waals surface area contributed by atoms with Gasteiger partial charge in [0.25, 0.3) is 5.91 Å². The predicted molar refractivity (Wildman–Crippen MR) is 140 cm³/mol. The number of aliphatic imine (C=N–C) groups is 1. The van der Waals surface area contributed by atoms with E-state index in [9.17, 15) is 9.90 Å². The van der Waals surface area contributed by atoms with Crippen molar-refractivity contribution in [2.75, 3.05) is 31.7 Å². The fraction of sp³-hybridized carbons (Fsp3) is 0.407. The topological polar surface area (TPSA) is 123 Å². The highest BCUT2D eigenvalue weighted by atomic mass is 16.6. The van der Waals surface area contributed by atoms with Gasteiger partial charge in [0.2, 0.25) is 0 Å². The molecule has 0 radical (unpaired) electrons. The Balaban J connectivity index is 1.22. The number of amides is 1. The van der Waals surface area contributed by atoms with Gasteiger partial charge >= 0.3 is 0 Å². The van der Waals surface area contributed by atoms with Crippen LogP contribution in [0, 0.1) is 6.92 Å². The van der Waals surface area contributed by atoms with Crippen LogP contribution in [0.25, 0.3) is 0 Å². The Hall–Kier alpha value is -3.92. The van der Waals surface area contributed by atoms with Gasteiger partial charge in [-0.05, 0) is 67.4 Å². The lowest BCUT2D eigenvalue weighted by molar-refractivity contribution is 0.0950. The van der Waals surface area contributed by atoms with Gasteiger partial charge in [0.15, 0.2) is 17.3 Å². The Kier molecular flexibility index (Phi) is 7.65. The molecule has 10 nitrogen and oxygen atoms in total. The molecular weight excluding hydrogens is 472 g/mol. The Bertz CT molecular complexity index is 1290. The monoisotopic (exact) mass is 504 g/mol. The second kappa shape index (κ2) is 11.4. The van der Waals surface area contributed by atoms with Crippen LogP contribution in [0.2, 0.25) is 0 Å². The molecule has 0 aliphatic carbocycles. The normalized spacial score (nSPS) is 16.4. The Morgan fingerprint density at radius 1 is 1.14 bits per heavy atom. The smallest absolute Gasteiger partial charge is 0.251 e. The summed E-state index contributed by atoms with van der Waals surface area (Å²) in [6.07, 6.45) is 3.70. The van der Waals surface area contributed by atoms with Gasteiger partial charge in [0, 0.05) is 36.8 Å². The lowest BCUT2D eigenvalue weighted by Gasteiger charge is -2.20. The summed E-state index contributed by atoms with van der Waals surface area (Å²) < 4.78 is 13.3. The molecule has 0 saturated heterocycles. The highest BCUT2D eigenvalue weighted by molar-refractivity contribution is 5.95. The maximum atomic E-state index is 12.9. The zero-order valence-electron chi connectivity index (χ0n) is 20.9. The minimum atomic E-state index is -0.164. The summed E-state index contributed by atoms with van der Waals surface area (Å²) in [6.45, 7) is 5.11. The molecule has 0 saturated carbocycles. The number of nitrogens with one attached hydrogen (secondary N) is 2. The number of benzene rings is 2. The van der Waals surface area contributed by atoms with Crippen molar-refractivity contribution in [3.63, 3.8) is 0 Å². The van der Waals surface area contributed by atoms with Gasteiger partial charge in [-0.25, -0.2) is 0 Å². The molecule has 2 aliphatic heterocycles. The van der Waals surface area contributed by atoms with E-state index in [-0.39, 0.29) is 18.4 Å². The third-order valence-corrected chi connectivity index (χ3v) is 6.69. The molecule has 2 aromatic carbocycles. The number of aromatic nitrogens is 3. The van der Waals surface area contributed by atoms with Crippen LogP contribution < -0.4 is 20.1 Å². The van der Waals surface area contributed by atoms with Gasteiger partial charge in [-0.15, -0.1) is 10.2 Å². The Morgan fingerprint density at radius 2 is 1.97 bits per heavy atom. The lowest BCUT2D eigenvalue weighted by atomic mass is 9.99. The van der Waals surface area contributed by atoms with E-state index in [1.807, 2.05) is 48.0 Å². The molecule has 194 valence electrons. The lowest BCUT2D eigenvalue weighted by Crippen LogP contribution is -2.24. The molecule has 3 N–H and O–H groups in total. The van der Waals surface area contributed by atoms with Gasteiger partial charge in [-0.2, -0.15) is 0 Å². The van der Waals surface area contributed by atoms with Crippen molar-refractivity contribution < 1.29 is 19.4 Å². The molecule has 10 heteroatoms. The van der Waals surface area contributed by atoms with Crippen LogP contribution in [0.5, 0.6) is 11.5 Å². The number of anilines is 1. The van der Waals surface area contributed by atoms with Crippen LogP contribution in [-0.4, -0.2) is 58.4 Å². The van der Waals surface area contributed by atoms with E-state index in [0.29, 0.717) is 44.2 Å². The number of aliphatic hydroxyl groups excluding tert-OH is 1. The highest BCUT2D eigenvalue weighted by Crippen LogP contribution is 2.33. The largest absolute Gasteiger partial charge is 0.486 e. The van der Waals surface area contributed by atoms with Crippen molar-refractivity contribution >= 4 is 17.8 Å². The summed E-state index contributed by atoms with van der Waals surface area (Å²) in [6, 6.07) is 11.2. The van der Waals surface area contributed by atoms with Gasteiger partial charge in [-0.3, -0.25) is 9.79 Å². The number of aliphatic hydroxyl groups is 1. The summed E-state index contributed by atoms with van der Waals surface area (Å²) >= 11 is 0. The average Bonchev–Trinajstić information content (AvgIpc) is 3.33. The number of carbonyl (C=O) groups excluding carboxylic acids is 1. The fourth-order valence-corrected chi connectivity index (χ4v) is 4.65. The first-order valence-electron chi connectivity index (χ1n) is 12.6. The summed E-state index contributed by atoms with van der Waals surface area (Å²) in [5, 5.41) is 24.7. The molecule has 1 atom stereocenters. The maximum Gasteiger partial charge on any atom is 0.251 e. The number of carbonyl (C=O) groups is 1. The first kappa shape index (κ1) is 24.8. The van der Waals surface area contributed by atoms with Crippen LogP contribution in [0.4, 0.5) is 5.69 Å². The third-order valence-electron chi connectivity index (χ3n) is 6.69. The quantitative estimate of drug-likeness (QED) is 0.409. The van der Waals surface area contributed by atoms with E-state index in [1.54, 1.807) is 6.07 Å². The molecule has 0 bridgehead atoms. The van der Waals surface area contributed by atoms with Crippen LogP contribution in [0.3, 0.4) is 0 Å². The molecule has 1 amide bonds. The zero-order valence-corrected chi connectivity index (χ0v) is 20.9. The minimum Gasteiger partial charge on any atom is -0.486 e. The number of aryl methyl sites for hydroxylation is 1. The summed E-state index contributed by atoms with van der Waals surface area (Å²) in [7, 11) is 0. The fourth-order valence-electron chi connectivity index (χ4n) is 4.65. The standard InChI is InChI=1S/C27H32N6O4/c1-18-13-23-24(37-12-11-36-23)15-21(18)16-30-27(35)20-3-2-4-22(14-20)29-17-25-31-32-26(33(25)9-10-34)19-5-7-28-8-6-19/h2-4,7,13-15,19,29,34H,5-6,8-12,16-17H2,1H3,(H,30,35). The summed E-state index contributed by atoms with van der Waals surface area (Å²) in [5.74, 6) is 3.18. The first-order chi connectivity index (χ1) is 18.1. The van der Waals surface area contributed by atoms with E-state index in [4.69, 9.17) is 9.47 Å². The van der Waals surface area contributed by atoms with Crippen LogP contribution >= 0.6 is 0 Å². The second-order valence-corrected chi connectivity index (χ2v) is 9.20. The summed E-state index contributed by atoms with van der Waals surface area (Å²) in [4.78, 5) is 17.2. The zero-order chi connectivity index (χ0) is 25.6. The van der Waals surface area contributed by atoms with Gasteiger partial charge in [0.1, 0.15) is 19.0 Å². The van der Waals surface area contributed by atoms with Crippen molar-refractivity contribution in [3.05, 3.63) is 64.7 Å². The second-order valence-electron chi connectivity index (χ2n) is 9.20. The maximum absolute atomic E-state index is 12.9. The Labute approximate surface area is 215 Å². The molecule has 3 heterocycles. The van der Waals surface area contributed by atoms with Gasteiger partial charge in [-0.1, -0.05) is 6.07 Å². The average molecular weight is 505 g/mol. The van der Waals surface area contributed by atoms with Crippen molar-refractivity contribution in [2.24, 2.45) is 4.99 Å². The highest BCUT2D eigenvalue weighted by Gasteiger charge is 2.22.